The Kier molecular flexibility index (Phi) is 4.03. The number of rotatable bonds is 4. The van der Waals surface area contributed by atoms with Crippen molar-refractivity contribution in [3.63, 3.8) is 0 Å². The van der Waals surface area contributed by atoms with Crippen LogP contribution < -0.4 is 5.32 Å². The van der Waals surface area contributed by atoms with Gasteiger partial charge in [-0.2, -0.15) is 10.1 Å². The summed E-state index contributed by atoms with van der Waals surface area (Å²) in [6, 6.07) is 9.51. The van der Waals surface area contributed by atoms with E-state index < -0.39 is 6.10 Å². The summed E-state index contributed by atoms with van der Waals surface area (Å²) in [6.07, 6.45) is 1.04. The first-order valence-electron chi connectivity index (χ1n) is 7.13. The third-order valence-electron chi connectivity index (χ3n) is 3.20. The SMILES string of the molecule is Cc1cc(Nc2ccc(F)cc2)nc(-n2ccc(C(C)O)n2)n1. The Morgan fingerprint density at radius 3 is 2.57 bits per heavy atom. The summed E-state index contributed by atoms with van der Waals surface area (Å²) in [5.74, 6) is 0.673. The van der Waals surface area contributed by atoms with Gasteiger partial charge in [-0.15, -0.1) is 0 Å². The average molecular weight is 313 g/mol. The van der Waals surface area contributed by atoms with Gasteiger partial charge in [0.05, 0.1) is 11.8 Å². The number of aliphatic hydroxyl groups excluding tert-OH is 1. The molecule has 1 aromatic carbocycles. The quantitative estimate of drug-likeness (QED) is 0.774. The van der Waals surface area contributed by atoms with Gasteiger partial charge in [0.2, 0.25) is 0 Å². The molecule has 0 aliphatic rings. The molecule has 0 radical (unpaired) electrons. The van der Waals surface area contributed by atoms with Crippen molar-refractivity contribution in [2.24, 2.45) is 0 Å². The minimum Gasteiger partial charge on any atom is -0.387 e. The highest BCUT2D eigenvalue weighted by molar-refractivity contribution is 5.56. The molecule has 0 fully saturated rings. The molecule has 1 unspecified atom stereocenters. The molecule has 0 spiro atoms. The van der Waals surface area contributed by atoms with Crippen LogP contribution in [0.5, 0.6) is 0 Å². The summed E-state index contributed by atoms with van der Waals surface area (Å²) >= 11 is 0. The molecule has 0 saturated carbocycles. The highest BCUT2D eigenvalue weighted by Crippen LogP contribution is 2.17. The van der Waals surface area contributed by atoms with Gasteiger partial charge in [0.1, 0.15) is 11.6 Å². The molecule has 3 aromatic rings. The van der Waals surface area contributed by atoms with Gasteiger partial charge in [0, 0.05) is 23.6 Å². The van der Waals surface area contributed by atoms with Crippen molar-refractivity contribution in [2.45, 2.75) is 20.0 Å². The van der Waals surface area contributed by atoms with Crippen LogP contribution in [-0.4, -0.2) is 24.9 Å². The molecule has 1 atom stereocenters. The largest absolute Gasteiger partial charge is 0.387 e. The number of hydrogen-bond acceptors (Lipinski definition) is 5. The maximum Gasteiger partial charge on any atom is 0.252 e. The van der Waals surface area contributed by atoms with Crippen LogP contribution in [0.1, 0.15) is 24.4 Å². The van der Waals surface area contributed by atoms with Gasteiger partial charge < -0.3 is 10.4 Å². The lowest BCUT2D eigenvalue weighted by atomic mass is 10.3. The second-order valence-corrected chi connectivity index (χ2v) is 5.19. The summed E-state index contributed by atoms with van der Waals surface area (Å²) in [6.45, 7) is 3.49. The fourth-order valence-electron chi connectivity index (χ4n) is 2.07. The Morgan fingerprint density at radius 1 is 1.17 bits per heavy atom. The van der Waals surface area contributed by atoms with E-state index in [9.17, 15) is 9.50 Å². The summed E-state index contributed by atoms with van der Waals surface area (Å²) in [5.41, 5.74) is 2.03. The molecule has 2 aromatic heterocycles. The highest BCUT2D eigenvalue weighted by atomic mass is 19.1. The van der Waals surface area contributed by atoms with E-state index in [1.807, 2.05) is 6.92 Å². The predicted molar refractivity (Wildman–Crippen MR) is 84.2 cm³/mol. The molecule has 0 bridgehead atoms. The smallest absolute Gasteiger partial charge is 0.252 e. The highest BCUT2D eigenvalue weighted by Gasteiger charge is 2.09. The van der Waals surface area contributed by atoms with Crippen LogP contribution in [0.15, 0.2) is 42.6 Å². The number of aliphatic hydroxyl groups is 1. The van der Waals surface area contributed by atoms with Gasteiger partial charge in [-0.05, 0) is 44.2 Å². The number of aryl methyl sites for hydroxylation is 1. The van der Waals surface area contributed by atoms with E-state index in [-0.39, 0.29) is 5.82 Å². The molecule has 2 N–H and O–H groups in total. The molecular weight excluding hydrogens is 297 g/mol. The van der Waals surface area contributed by atoms with Crippen LogP contribution in [0.2, 0.25) is 0 Å². The fourth-order valence-corrected chi connectivity index (χ4v) is 2.07. The van der Waals surface area contributed by atoms with Crippen molar-refractivity contribution < 1.29 is 9.50 Å². The molecule has 0 aliphatic carbocycles. The van der Waals surface area contributed by atoms with Crippen molar-refractivity contribution in [3.05, 3.63) is 59.8 Å². The first-order valence-corrected chi connectivity index (χ1v) is 7.13. The third kappa shape index (κ3) is 3.51. The number of nitrogens with one attached hydrogen (secondary N) is 1. The zero-order valence-corrected chi connectivity index (χ0v) is 12.7. The second-order valence-electron chi connectivity index (χ2n) is 5.19. The molecule has 0 aliphatic heterocycles. The van der Waals surface area contributed by atoms with Crippen LogP contribution in [0.4, 0.5) is 15.9 Å². The monoisotopic (exact) mass is 313 g/mol. The second kappa shape index (κ2) is 6.13. The summed E-state index contributed by atoms with van der Waals surface area (Å²) in [7, 11) is 0. The summed E-state index contributed by atoms with van der Waals surface area (Å²) in [5, 5.41) is 16.9. The molecule has 0 amide bonds. The third-order valence-corrected chi connectivity index (χ3v) is 3.20. The molecule has 7 heteroatoms. The van der Waals surface area contributed by atoms with Gasteiger partial charge in [-0.25, -0.2) is 14.1 Å². The lowest BCUT2D eigenvalue weighted by molar-refractivity contribution is 0.193. The normalized spacial score (nSPS) is 12.2. The van der Waals surface area contributed by atoms with E-state index in [2.05, 4.69) is 20.4 Å². The van der Waals surface area contributed by atoms with E-state index in [0.717, 1.165) is 11.4 Å². The van der Waals surface area contributed by atoms with E-state index in [1.54, 1.807) is 37.4 Å². The van der Waals surface area contributed by atoms with Crippen LogP contribution >= 0.6 is 0 Å². The number of halogens is 1. The van der Waals surface area contributed by atoms with Gasteiger partial charge in [-0.1, -0.05) is 0 Å². The average Bonchev–Trinajstić information content (AvgIpc) is 2.99. The number of aromatic nitrogens is 4. The summed E-state index contributed by atoms with van der Waals surface area (Å²) < 4.78 is 14.5. The molecule has 6 nitrogen and oxygen atoms in total. The Morgan fingerprint density at radius 2 is 1.91 bits per heavy atom. The van der Waals surface area contributed by atoms with E-state index in [0.29, 0.717) is 17.5 Å². The van der Waals surface area contributed by atoms with Gasteiger partial charge in [-0.3, -0.25) is 0 Å². The van der Waals surface area contributed by atoms with Crippen molar-refractivity contribution in [1.82, 2.24) is 19.7 Å². The van der Waals surface area contributed by atoms with Gasteiger partial charge in [0.15, 0.2) is 0 Å². The zero-order valence-electron chi connectivity index (χ0n) is 12.7. The fraction of sp³-hybridized carbons (Fsp3) is 0.188. The maximum absolute atomic E-state index is 13.0. The van der Waals surface area contributed by atoms with E-state index >= 15 is 0 Å². The Hall–Kier alpha value is -2.80. The standard InChI is InChI=1S/C16H16FN5O/c1-10-9-15(19-13-5-3-12(17)4-6-13)20-16(18-10)22-8-7-14(21-22)11(2)23/h3-9,11,23H,1-2H3,(H,18,19,20). The van der Waals surface area contributed by atoms with E-state index in [1.165, 1.54) is 16.8 Å². The zero-order chi connectivity index (χ0) is 16.4. The van der Waals surface area contributed by atoms with Gasteiger partial charge >= 0.3 is 0 Å². The number of hydrogen-bond donors (Lipinski definition) is 2. The van der Waals surface area contributed by atoms with Crippen molar-refractivity contribution >= 4 is 11.5 Å². The lowest BCUT2D eigenvalue weighted by Crippen LogP contribution is -2.06. The molecule has 0 saturated heterocycles. The Bertz CT molecular complexity index is 814. The minimum atomic E-state index is -0.655. The first kappa shape index (κ1) is 15.1. The van der Waals surface area contributed by atoms with Crippen LogP contribution in [0.25, 0.3) is 5.95 Å². The minimum absolute atomic E-state index is 0.294. The van der Waals surface area contributed by atoms with Gasteiger partial charge in [0.25, 0.3) is 5.95 Å². The maximum atomic E-state index is 13.0. The Balaban J connectivity index is 1.90. The molecular formula is C16H16FN5O. The Labute approximate surface area is 132 Å². The first-order chi connectivity index (χ1) is 11.0. The molecule has 3 rings (SSSR count). The number of anilines is 2. The summed E-state index contributed by atoms with van der Waals surface area (Å²) in [4.78, 5) is 8.74. The number of nitrogens with zero attached hydrogens (tertiary/aromatic N) is 4. The topological polar surface area (TPSA) is 75.9 Å². The number of benzene rings is 1. The van der Waals surface area contributed by atoms with Crippen molar-refractivity contribution in [3.8, 4) is 5.95 Å². The van der Waals surface area contributed by atoms with E-state index in [4.69, 9.17) is 0 Å². The predicted octanol–water partition coefficient (Wildman–Crippen LogP) is 2.91. The lowest BCUT2D eigenvalue weighted by Gasteiger charge is -2.08. The van der Waals surface area contributed by atoms with Crippen molar-refractivity contribution in [2.75, 3.05) is 5.32 Å². The van der Waals surface area contributed by atoms with Crippen LogP contribution in [0, 0.1) is 12.7 Å². The van der Waals surface area contributed by atoms with Crippen molar-refractivity contribution in [1.29, 1.82) is 0 Å². The van der Waals surface area contributed by atoms with Crippen LogP contribution in [0.3, 0.4) is 0 Å². The van der Waals surface area contributed by atoms with Crippen LogP contribution in [-0.2, 0) is 0 Å². The molecule has 118 valence electrons. The molecule has 23 heavy (non-hydrogen) atoms. The molecule has 2 heterocycles.